The van der Waals surface area contributed by atoms with Crippen LogP contribution in [-0.2, 0) is 14.8 Å². The summed E-state index contributed by atoms with van der Waals surface area (Å²) < 4.78 is 33.4. The molecule has 0 saturated heterocycles. The summed E-state index contributed by atoms with van der Waals surface area (Å²) in [6.07, 6.45) is 5.01. The van der Waals surface area contributed by atoms with Gasteiger partial charge in [-0.3, -0.25) is 9.10 Å². The van der Waals surface area contributed by atoms with Gasteiger partial charge in [0.25, 0.3) is 10.0 Å². The molecule has 0 unspecified atom stereocenters. The first-order valence-corrected chi connectivity index (χ1v) is 13.5. The lowest BCUT2D eigenvalue weighted by Gasteiger charge is -2.26. The van der Waals surface area contributed by atoms with Gasteiger partial charge in [0, 0.05) is 22.6 Å². The van der Waals surface area contributed by atoms with Crippen LogP contribution in [0.5, 0.6) is 5.75 Å². The average Bonchev–Trinajstić information content (AvgIpc) is 3.29. The van der Waals surface area contributed by atoms with Crippen molar-refractivity contribution in [3.63, 3.8) is 0 Å². The normalized spacial score (nSPS) is 14.3. The summed E-state index contributed by atoms with van der Waals surface area (Å²) in [5.74, 6) is 0.742. The molecule has 0 heterocycles. The average molecular weight is 497 g/mol. The van der Waals surface area contributed by atoms with Crippen LogP contribution in [0.15, 0.2) is 47.4 Å². The van der Waals surface area contributed by atoms with Gasteiger partial charge in [0.05, 0.1) is 17.7 Å². The SMILES string of the molecule is COc1ccc(Cl)cc1N(CC(=O)NCCSC1CCCC1)S(=O)(=O)c1ccc(C)cc1. The molecule has 0 atom stereocenters. The number of nitrogens with zero attached hydrogens (tertiary/aromatic N) is 1. The Labute approximate surface area is 199 Å². The Morgan fingerprint density at radius 2 is 1.88 bits per heavy atom. The largest absolute Gasteiger partial charge is 0.495 e. The minimum Gasteiger partial charge on any atom is -0.495 e. The zero-order chi connectivity index (χ0) is 23.1. The van der Waals surface area contributed by atoms with Crippen molar-refractivity contribution in [2.24, 2.45) is 0 Å². The Morgan fingerprint density at radius 1 is 1.19 bits per heavy atom. The van der Waals surface area contributed by atoms with Crippen molar-refractivity contribution in [3.8, 4) is 5.75 Å². The molecule has 1 N–H and O–H groups in total. The number of rotatable bonds is 10. The summed E-state index contributed by atoms with van der Waals surface area (Å²) in [7, 11) is -2.58. The van der Waals surface area contributed by atoms with Crippen LogP contribution in [0.2, 0.25) is 5.02 Å². The maximum absolute atomic E-state index is 13.5. The van der Waals surface area contributed by atoms with E-state index in [1.165, 1.54) is 51.0 Å². The Kier molecular flexibility index (Phi) is 8.73. The van der Waals surface area contributed by atoms with Gasteiger partial charge in [-0.25, -0.2) is 8.42 Å². The molecule has 0 aliphatic heterocycles. The maximum Gasteiger partial charge on any atom is 0.264 e. The number of carbonyl (C=O) groups is 1. The van der Waals surface area contributed by atoms with Crippen LogP contribution in [0.1, 0.15) is 31.2 Å². The second kappa shape index (κ2) is 11.3. The number of carbonyl (C=O) groups excluding carboxylic acids is 1. The fraction of sp³-hybridized carbons (Fsp3) is 0.435. The Morgan fingerprint density at radius 3 is 2.53 bits per heavy atom. The molecule has 0 radical (unpaired) electrons. The summed E-state index contributed by atoms with van der Waals surface area (Å²) in [6, 6.07) is 11.2. The molecule has 2 aromatic carbocycles. The van der Waals surface area contributed by atoms with E-state index in [0.717, 1.165) is 15.6 Å². The fourth-order valence-corrected chi connectivity index (χ4v) is 6.46. The van der Waals surface area contributed by atoms with E-state index in [4.69, 9.17) is 16.3 Å². The maximum atomic E-state index is 13.5. The zero-order valence-electron chi connectivity index (χ0n) is 18.3. The van der Waals surface area contributed by atoms with Gasteiger partial charge in [0.15, 0.2) is 0 Å². The van der Waals surface area contributed by atoms with Gasteiger partial charge in [-0.1, -0.05) is 42.1 Å². The number of hydrogen-bond acceptors (Lipinski definition) is 5. The van der Waals surface area contributed by atoms with Gasteiger partial charge < -0.3 is 10.1 Å². The highest BCUT2D eigenvalue weighted by Crippen LogP contribution is 2.35. The Balaban J connectivity index is 1.80. The first-order chi connectivity index (χ1) is 15.3. The molecule has 1 saturated carbocycles. The highest BCUT2D eigenvalue weighted by atomic mass is 35.5. The topological polar surface area (TPSA) is 75.7 Å². The molecule has 0 aromatic heterocycles. The number of ether oxygens (including phenoxy) is 1. The standard InChI is InChI=1S/C23H29ClN2O4S2/c1-17-7-10-20(11-8-17)32(28,29)26(21-15-18(24)9-12-22(21)30-2)16-23(27)25-13-14-31-19-5-3-4-6-19/h7-12,15,19H,3-6,13-14,16H2,1-2H3,(H,25,27). The van der Waals surface area contributed by atoms with E-state index in [2.05, 4.69) is 5.32 Å². The number of methoxy groups -OCH3 is 1. The third kappa shape index (κ3) is 6.33. The lowest BCUT2D eigenvalue weighted by molar-refractivity contribution is -0.119. The van der Waals surface area contributed by atoms with E-state index in [-0.39, 0.29) is 23.0 Å². The predicted octanol–water partition coefficient (Wildman–Crippen LogP) is 4.64. The molecule has 174 valence electrons. The number of hydrogen-bond donors (Lipinski definition) is 1. The molecule has 1 fully saturated rings. The van der Waals surface area contributed by atoms with Crippen LogP contribution in [0.3, 0.4) is 0 Å². The minimum absolute atomic E-state index is 0.0923. The van der Waals surface area contributed by atoms with Crippen LogP contribution in [0, 0.1) is 6.92 Å². The quantitative estimate of drug-likeness (QED) is 0.485. The number of halogens is 1. The number of benzene rings is 2. The van der Waals surface area contributed by atoms with E-state index in [0.29, 0.717) is 22.6 Å². The van der Waals surface area contributed by atoms with Gasteiger partial charge in [-0.15, -0.1) is 0 Å². The first-order valence-electron chi connectivity index (χ1n) is 10.6. The third-order valence-corrected chi connectivity index (χ3v) is 8.78. The summed E-state index contributed by atoms with van der Waals surface area (Å²) in [6.45, 7) is 2.00. The molecule has 32 heavy (non-hydrogen) atoms. The molecular weight excluding hydrogens is 468 g/mol. The van der Waals surface area contributed by atoms with E-state index in [1.807, 2.05) is 18.7 Å². The van der Waals surface area contributed by atoms with E-state index >= 15 is 0 Å². The molecular formula is C23H29ClN2O4S2. The van der Waals surface area contributed by atoms with Crippen LogP contribution < -0.4 is 14.4 Å². The van der Waals surface area contributed by atoms with Crippen molar-refractivity contribution in [1.82, 2.24) is 5.32 Å². The molecule has 1 aliphatic carbocycles. The van der Waals surface area contributed by atoms with Crippen molar-refractivity contribution >= 4 is 45.0 Å². The number of amides is 1. The molecule has 0 spiro atoms. The molecule has 1 aliphatic rings. The second-order valence-corrected chi connectivity index (χ2v) is 11.5. The van der Waals surface area contributed by atoms with Crippen LogP contribution >= 0.6 is 23.4 Å². The number of thioether (sulfide) groups is 1. The minimum atomic E-state index is -4.03. The number of aryl methyl sites for hydroxylation is 1. The van der Waals surface area contributed by atoms with Crippen LogP contribution in [0.4, 0.5) is 5.69 Å². The Bertz CT molecular complexity index is 1020. The first kappa shape index (κ1) is 24.7. The highest BCUT2D eigenvalue weighted by molar-refractivity contribution is 7.99. The van der Waals surface area contributed by atoms with Crippen molar-refractivity contribution in [2.45, 2.75) is 42.8 Å². The van der Waals surface area contributed by atoms with Crippen molar-refractivity contribution in [3.05, 3.63) is 53.1 Å². The van der Waals surface area contributed by atoms with Crippen LogP contribution in [0.25, 0.3) is 0 Å². The lowest BCUT2D eigenvalue weighted by atomic mass is 10.2. The molecule has 6 nitrogen and oxygen atoms in total. The highest BCUT2D eigenvalue weighted by Gasteiger charge is 2.29. The van der Waals surface area contributed by atoms with E-state index < -0.39 is 10.0 Å². The monoisotopic (exact) mass is 496 g/mol. The van der Waals surface area contributed by atoms with Gasteiger partial charge in [0.1, 0.15) is 12.3 Å². The number of sulfonamides is 1. The molecule has 9 heteroatoms. The second-order valence-electron chi connectivity index (χ2n) is 7.77. The Hall–Kier alpha value is -1.90. The van der Waals surface area contributed by atoms with Gasteiger partial charge in [-0.05, 0) is 50.1 Å². The summed E-state index contributed by atoms with van der Waals surface area (Å²) in [5, 5.41) is 3.87. The summed E-state index contributed by atoms with van der Waals surface area (Å²) in [4.78, 5) is 12.8. The summed E-state index contributed by atoms with van der Waals surface area (Å²) in [5.41, 5.74) is 1.16. The molecule has 0 bridgehead atoms. The van der Waals surface area contributed by atoms with E-state index in [9.17, 15) is 13.2 Å². The van der Waals surface area contributed by atoms with Crippen LogP contribution in [-0.4, -0.2) is 45.5 Å². The zero-order valence-corrected chi connectivity index (χ0v) is 20.7. The number of anilines is 1. The third-order valence-electron chi connectivity index (χ3n) is 5.39. The predicted molar refractivity (Wildman–Crippen MR) is 131 cm³/mol. The molecule has 3 rings (SSSR count). The lowest BCUT2D eigenvalue weighted by Crippen LogP contribution is -2.41. The number of nitrogens with one attached hydrogen (secondary N) is 1. The van der Waals surface area contributed by atoms with Crippen molar-refractivity contribution in [1.29, 1.82) is 0 Å². The molecule has 2 aromatic rings. The summed E-state index contributed by atoms with van der Waals surface area (Å²) >= 11 is 8.02. The van der Waals surface area contributed by atoms with E-state index in [1.54, 1.807) is 24.3 Å². The van der Waals surface area contributed by atoms with Gasteiger partial charge >= 0.3 is 0 Å². The smallest absolute Gasteiger partial charge is 0.264 e. The van der Waals surface area contributed by atoms with Gasteiger partial charge in [0.2, 0.25) is 5.91 Å². The fourth-order valence-electron chi connectivity index (χ4n) is 3.65. The van der Waals surface area contributed by atoms with Gasteiger partial charge in [-0.2, -0.15) is 11.8 Å². The van der Waals surface area contributed by atoms with Crippen molar-refractivity contribution < 1.29 is 17.9 Å². The molecule has 1 amide bonds. The van der Waals surface area contributed by atoms with Crippen molar-refractivity contribution in [2.75, 3.05) is 30.3 Å².